The lowest BCUT2D eigenvalue weighted by atomic mass is 9.93. The van der Waals surface area contributed by atoms with Crippen molar-refractivity contribution in [3.63, 3.8) is 0 Å². The second-order valence-corrected chi connectivity index (χ2v) is 10.8. The number of aryl methyl sites for hydroxylation is 1. The molecule has 2 aromatic carbocycles. The molecule has 4 aromatic rings. The summed E-state index contributed by atoms with van der Waals surface area (Å²) >= 11 is 0. The molecule has 202 valence electrons. The van der Waals surface area contributed by atoms with Crippen LogP contribution in [0.4, 0.5) is 0 Å². The molecule has 0 radical (unpaired) electrons. The molecule has 10 heteroatoms. The van der Waals surface area contributed by atoms with Gasteiger partial charge >= 0.3 is 5.97 Å². The maximum absolute atomic E-state index is 11.9. The molecular weight excluding hydrogens is 516 g/mol. The van der Waals surface area contributed by atoms with Crippen LogP contribution in [0.25, 0.3) is 17.1 Å². The molecule has 9 nitrogen and oxygen atoms in total. The topological polar surface area (TPSA) is 107 Å². The fourth-order valence-corrected chi connectivity index (χ4v) is 5.64. The molecular formula is C29H30N4O5S. The Kier molecular flexibility index (Phi) is 7.49. The van der Waals surface area contributed by atoms with Gasteiger partial charge in [-0.25, -0.2) is 18.3 Å². The van der Waals surface area contributed by atoms with Gasteiger partial charge in [0.15, 0.2) is 5.82 Å². The molecule has 0 amide bonds. The number of methoxy groups -OCH3 is 1. The van der Waals surface area contributed by atoms with Gasteiger partial charge in [-0.05, 0) is 66.3 Å². The van der Waals surface area contributed by atoms with E-state index in [0.29, 0.717) is 24.7 Å². The molecule has 1 aliphatic heterocycles. The lowest BCUT2D eigenvalue weighted by Gasteiger charge is -2.28. The highest BCUT2D eigenvalue weighted by Crippen LogP contribution is 2.34. The first-order valence-corrected chi connectivity index (χ1v) is 14.0. The number of rotatable bonds is 8. The maximum Gasteiger partial charge on any atom is 0.342 e. The monoisotopic (exact) mass is 546 g/mol. The van der Waals surface area contributed by atoms with Crippen molar-refractivity contribution in [2.75, 3.05) is 19.9 Å². The standard InChI is InChI=1S/C29H30N4O5S/c1-18-7-5-8-23(25-9-6-10-26(31-25)33-28(37-3)24(15-30-33)29(34)35)27(18)38-17-21-12-11-20-16-32(39(4)36)14-13-22(20)19(21)2/h5-12,15H,13-14,16-17H2,1-4H3,(H,34,35). The molecule has 5 rings (SSSR count). The van der Waals surface area contributed by atoms with Crippen LogP contribution in [0.1, 0.15) is 38.2 Å². The van der Waals surface area contributed by atoms with E-state index >= 15 is 0 Å². The van der Waals surface area contributed by atoms with Crippen molar-refractivity contribution in [2.24, 2.45) is 0 Å². The lowest BCUT2D eigenvalue weighted by molar-refractivity contribution is 0.0693. The van der Waals surface area contributed by atoms with E-state index in [9.17, 15) is 14.1 Å². The number of aromatic carboxylic acids is 1. The fourth-order valence-electron chi connectivity index (χ4n) is 4.97. The van der Waals surface area contributed by atoms with Crippen LogP contribution in [0.5, 0.6) is 11.6 Å². The van der Waals surface area contributed by atoms with Crippen LogP contribution in [0.3, 0.4) is 0 Å². The number of para-hydroxylation sites is 1. The van der Waals surface area contributed by atoms with Crippen molar-refractivity contribution in [3.05, 3.63) is 88.1 Å². The van der Waals surface area contributed by atoms with Crippen molar-refractivity contribution >= 4 is 17.0 Å². The molecule has 0 saturated heterocycles. The largest absolute Gasteiger partial charge is 0.488 e. The van der Waals surface area contributed by atoms with Crippen molar-refractivity contribution in [1.29, 1.82) is 0 Å². The predicted molar refractivity (Wildman–Crippen MR) is 149 cm³/mol. The number of hydrogen-bond donors (Lipinski definition) is 1. The Labute approximate surface area is 229 Å². The van der Waals surface area contributed by atoms with E-state index in [1.54, 1.807) is 12.3 Å². The molecule has 1 atom stereocenters. The van der Waals surface area contributed by atoms with Gasteiger partial charge in [0, 0.05) is 24.9 Å². The fraction of sp³-hybridized carbons (Fsp3) is 0.276. The van der Waals surface area contributed by atoms with Crippen molar-refractivity contribution in [1.82, 2.24) is 19.1 Å². The van der Waals surface area contributed by atoms with Gasteiger partial charge in [-0.2, -0.15) is 9.78 Å². The van der Waals surface area contributed by atoms with E-state index < -0.39 is 17.0 Å². The quantitative estimate of drug-likeness (QED) is 0.347. The molecule has 1 unspecified atom stereocenters. The van der Waals surface area contributed by atoms with Crippen molar-refractivity contribution in [3.8, 4) is 28.7 Å². The van der Waals surface area contributed by atoms with Gasteiger partial charge in [0.1, 0.15) is 17.9 Å². The highest BCUT2D eigenvalue weighted by Gasteiger charge is 2.22. The Morgan fingerprint density at radius 2 is 1.92 bits per heavy atom. The summed E-state index contributed by atoms with van der Waals surface area (Å²) in [5.41, 5.74) is 7.26. The Morgan fingerprint density at radius 1 is 1.13 bits per heavy atom. The minimum absolute atomic E-state index is 0.0413. The van der Waals surface area contributed by atoms with Gasteiger partial charge in [-0.3, -0.25) is 0 Å². The van der Waals surface area contributed by atoms with Gasteiger partial charge in [-0.1, -0.05) is 30.3 Å². The Bertz CT molecular complexity index is 1580. The van der Waals surface area contributed by atoms with Crippen LogP contribution in [0.15, 0.2) is 54.7 Å². The molecule has 39 heavy (non-hydrogen) atoms. The third-order valence-corrected chi connectivity index (χ3v) is 8.13. The Balaban J connectivity index is 1.44. The zero-order valence-corrected chi connectivity index (χ0v) is 23.1. The summed E-state index contributed by atoms with van der Waals surface area (Å²) in [5.74, 6) is 0.130. The van der Waals surface area contributed by atoms with Crippen molar-refractivity contribution in [2.45, 2.75) is 33.4 Å². The number of benzene rings is 2. The number of pyridine rings is 1. The van der Waals surface area contributed by atoms with Crippen LogP contribution in [0, 0.1) is 13.8 Å². The molecule has 0 saturated carbocycles. The molecule has 2 aromatic heterocycles. The summed E-state index contributed by atoms with van der Waals surface area (Å²) in [6.07, 6.45) is 3.83. The first-order chi connectivity index (χ1) is 18.8. The highest BCUT2D eigenvalue weighted by atomic mass is 32.2. The zero-order chi connectivity index (χ0) is 27.7. The molecule has 0 fully saturated rings. The van der Waals surface area contributed by atoms with E-state index in [0.717, 1.165) is 35.4 Å². The van der Waals surface area contributed by atoms with E-state index in [2.05, 4.69) is 24.2 Å². The number of ether oxygens (including phenoxy) is 2. The van der Waals surface area contributed by atoms with Gasteiger partial charge < -0.3 is 14.6 Å². The number of nitrogens with zero attached hydrogens (tertiary/aromatic N) is 4. The summed E-state index contributed by atoms with van der Waals surface area (Å²) in [5, 5.41) is 13.6. The van der Waals surface area contributed by atoms with Crippen LogP contribution < -0.4 is 9.47 Å². The van der Waals surface area contributed by atoms with Gasteiger partial charge in [-0.15, -0.1) is 0 Å². The number of carboxylic acid groups (broad SMARTS) is 1. The number of hydrogen-bond acceptors (Lipinski definition) is 6. The van der Waals surface area contributed by atoms with Crippen LogP contribution in [0.2, 0.25) is 0 Å². The number of aromatic nitrogens is 3. The van der Waals surface area contributed by atoms with Crippen LogP contribution in [-0.4, -0.2) is 54.3 Å². The molecule has 3 heterocycles. The maximum atomic E-state index is 11.9. The minimum Gasteiger partial charge on any atom is -0.488 e. The second-order valence-electron chi connectivity index (χ2n) is 9.43. The summed E-state index contributed by atoms with van der Waals surface area (Å²) in [7, 11) is 0.427. The smallest absolute Gasteiger partial charge is 0.342 e. The first-order valence-electron chi connectivity index (χ1n) is 12.5. The average molecular weight is 547 g/mol. The molecule has 1 aliphatic rings. The predicted octanol–water partition coefficient (Wildman–Crippen LogP) is 4.49. The SMILES string of the molecule is COc1c(C(=O)O)cnn1-c1cccc(-c2cccc(C)c2OCc2ccc3c(c2C)CCN(S(C)=O)C3)n1. The van der Waals surface area contributed by atoms with Gasteiger partial charge in [0.25, 0.3) is 0 Å². The van der Waals surface area contributed by atoms with E-state index in [1.807, 2.05) is 41.6 Å². The summed E-state index contributed by atoms with van der Waals surface area (Å²) in [6.45, 7) is 5.99. The van der Waals surface area contributed by atoms with E-state index in [-0.39, 0.29) is 11.4 Å². The van der Waals surface area contributed by atoms with E-state index in [4.69, 9.17) is 14.5 Å². The van der Waals surface area contributed by atoms with Gasteiger partial charge in [0.2, 0.25) is 5.88 Å². The molecule has 0 spiro atoms. The average Bonchev–Trinajstić information content (AvgIpc) is 3.38. The summed E-state index contributed by atoms with van der Waals surface area (Å²) < 4.78 is 27.1. The second kappa shape index (κ2) is 11.0. The zero-order valence-electron chi connectivity index (χ0n) is 22.3. The summed E-state index contributed by atoms with van der Waals surface area (Å²) in [4.78, 5) is 16.3. The summed E-state index contributed by atoms with van der Waals surface area (Å²) in [6, 6.07) is 15.6. The molecule has 0 aliphatic carbocycles. The lowest BCUT2D eigenvalue weighted by Crippen LogP contribution is -2.32. The first kappa shape index (κ1) is 26.6. The Hall–Kier alpha value is -4.02. The van der Waals surface area contributed by atoms with Crippen molar-refractivity contribution < 1.29 is 23.6 Å². The van der Waals surface area contributed by atoms with Crippen LogP contribution >= 0.6 is 0 Å². The normalized spacial score (nSPS) is 14.1. The van der Waals surface area contributed by atoms with Gasteiger partial charge in [0.05, 0.1) is 30.0 Å². The van der Waals surface area contributed by atoms with Crippen LogP contribution in [-0.2, 0) is 30.6 Å². The minimum atomic E-state index is -1.13. The molecule has 0 bridgehead atoms. The number of carbonyl (C=O) groups is 1. The van der Waals surface area contributed by atoms with E-state index in [1.165, 1.54) is 34.7 Å². The third kappa shape index (κ3) is 5.17. The Morgan fingerprint density at radius 3 is 2.67 bits per heavy atom. The number of fused-ring (bicyclic) bond motifs is 1. The highest BCUT2D eigenvalue weighted by molar-refractivity contribution is 7.81. The number of carboxylic acids is 1. The third-order valence-electron chi connectivity index (χ3n) is 7.09. The molecule has 1 N–H and O–H groups in total.